The summed E-state index contributed by atoms with van der Waals surface area (Å²) in [5.41, 5.74) is 0.654. The van der Waals surface area contributed by atoms with E-state index in [4.69, 9.17) is 28.4 Å². The Morgan fingerprint density at radius 1 is 0.571 bits per heavy atom. The minimum absolute atomic E-state index is 0.00283. The highest BCUT2D eigenvalue weighted by Gasteiger charge is 2.31. The maximum absolute atomic E-state index is 13.3. The highest BCUT2D eigenvalue weighted by Crippen LogP contribution is 2.45. The fourth-order valence-electron chi connectivity index (χ4n) is 4.79. The van der Waals surface area contributed by atoms with E-state index in [0.717, 1.165) is 0 Å². The minimum atomic E-state index is -1.44. The lowest BCUT2D eigenvalue weighted by molar-refractivity contribution is -0.165. The Bertz CT molecular complexity index is 2460. The Morgan fingerprint density at radius 2 is 1.08 bits per heavy atom. The fourth-order valence-corrected chi connectivity index (χ4v) is 4.79. The lowest BCUT2D eigenvalue weighted by atomic mass is 9.95. The lowest BCUT2D eigenvalue weighted by Crippen LogP contribution is -2.26. The average Bonchev–Trinajstić information content (AvgIpc) is 3.20. The van der Waals surface area contributed by atoms with Crippen LogP contribution in [-0.4, -0.2) is 48.8 Å². The van der Waals surface area contributed by atoms with E-state index in [1.54, 1.807) is 45.0 Å². The molecule has 0 amide bonds. The van der Waals surface area contributed by atoms with Crippen molar-refractivity contribution < 1.29 is 66.7 Å². The first-order valence-electron chi connectivity index (χ1n) is 19.5. The van der Waals surface area contributed by atoms with Gasteiger partial charge in [0.05, 0.1) is 24.0 Å². The Balaban J connectivity index is 2.30. The van der Waals surface area contributed by atoms with Gasteiger partial charge >= 0.3 is 42.2 Å². The first-order chi connectivity index (χ1) is 29.6. The van der Waals surface area contributed by atoms with Gasteiger partial charge in [0.2, 0.25) is 0 Å². The molecule has 0 saturated carbocycles. The van der Waals surface area contributed by atoms with E-state index in [0.29, 0.717) is 29.5 Å². The number of rotatable bonds is 13. The Morgan fingerprint density at radius 3 is 1.57 bits per heavy atom. The van der Waals surface area contributed by atoms with Gasteiger partial charge in [-0.05, 0) is 96.3 Å². The van der Waals surface area contributed by atoms with E-state index in [2.05, 4.69) is 48.2 Å². The van der Waals surface area contributed by atoms with Crippen molar-refractivity contribution >= 4 is 42.2 Å². The topological polar surface area (TPSA) is 184 Å². The van der Waals surface area contributed by atoms with Crippen LogP contribution in [0.1, 0.15) is 102 Å². The fraction of sp³-hybridized carbons (Fsp3) is 0.286. The molecule has 63 heavy (non-hydrogen) atoms. The standard InChI is InChI=1S/C49H48O14/c1-12-14-36-37(25-21-33-19-23-35(24-20-33)58-47(55)62-44(52)30(5)6)41(57-27-13-2)42(60-43(51)29(3)4)38(40(36)61-48(56)63-45(53)31(7)8)26-22-32-15-17-34(18-16-32)28-39(50)59-46(54)49(9,10)11/h15-20,23-24H,3,5,7,12-14,27-28H2,1-2,4,6,8-11H3. The quantitative estimate of drug-likeness (QED) is 0.0303. The van der Waals surface area contributed by atoms with Gasteiger partial charge in [0.25, 0.3) is 0 Å². The number of hydrogen-bond donors (Lipinski definition) is 0. The molecule has 3 rings (SSSR count). The van der Waals surface area contributed by atoms with Crippen molar-refractivity contribution in [2.75, 3.05) is 6.61 Å². The van der Waals surface area contributed by atoms with Crippen LogP contribution in [0, 0.1) is 29.1 Å². The SMILES string of the molecule is C=C(C)C(=O)OC(=O)Oc1ccc(C#Cc2c(CCC)c(OC(=O)OC(=O)C(=C)C)c(C#Cc3ccc(CC(=O)OC(=O)C(C)(C)C)cc3)c(OC(=O)C(=C)C)c2OCCC)cc1. The molecule has 3 aromatic carbocycles. The van der Waals surface area contributed by atoms with Gasteiger partial charge in [-0.2, -0.15) is 0 Å². The molecule has 3 aromatic rings. The summed E-state index contributed by atoms with van der Waals surface area (Å²) in [5.74, 6) is 7.17. The van der Waals surface area contributed by atoms with Crippen LogP contribution in [-0.2, 0) is 51.0 Å². The molecule has 0 saturated heterocycles. The summed E-state index contributed by atoms with van der Waals surface area (Å²) < 4.78 is 37.4. The van der Waals surface area contributed by atoms with Gasteiger partial charge in [0.15, 0.2) is 17.2 Å². The van der Waals surface area contributed by atoms with Crippen LogP contribution in [0.25, 0.3) is 0 Å². The van der Waals surface area contributed by atoms with E-state index < -0.39 is 47.6 Å². The molecular formula is C49H48O14. The van der Waals surface area contributed by atoms with Crippen LogP contribution in [0.2, 0.25) is 0 Å². The van der Waals surface area contributed by atoms with E-state index in [9.17, 15) is 33.6 Å². The smallest absolute Gasteiger partial charge is 0.488 e. The number of carbonyl (C=O) groups excluding carboxylic acids is 7. The summed E-state index contributed by atoms with van der Waals surface area (Å²) in [5, 5.41) is 0. The van der Waals surface area contributed by atoms with Crippen LogP contribution in [0.15, 0.2) is 85.0 Å². The molecule has 0 N–H and O–H groups in total. The van der Waals surface area contributed by atoms with Gasteiger partial charge in [-0.15, -0.1) is 0 Å². The highest BCUT2D eigenvalue weighted by molar-refractivity contribution is 5.95. The van der Waals surface area contributed by atoms with E-state index in [1.165, 1.54) is 45.0 Å². The molecule has 328 valence electrons. The van der Waals surface area contributed by atoms with Crippen molar-refractivity contribution in [1.82, 2.24) is 0 Å². The number of carbonyl (C=O) groups is 7. The summed E-state index contributed by atoms with van der Waals surface area (Å²) in [6.07, 6.45) is -1.74. The molecule has 14 heteroatoms. The zero-order valence-electron chi connectivity index (χ0n) is 36.5. The first-order valence-corrected chi connectivity index (χ1v) is 19.5. The Hall–Kier alpha value is -7.71. The molecular weight excluding hydrogens is 813 g/mol. The maximum Gasteiger partial charge on any atom is 0.522 e. The van der Waals surface area contributed by atoms with Gasteiger partial charge in [0.1, 0.15) is 11.3 Å². The lowest BCUT2D eigenvalue weighted by Gasteiger charge is -2.21. The number of hydrogen-bond acceptors (Lipinski definition) is 14. The van der Waals surface area contributed by atoms with Crippen LogP contribution >= 0.6 is 0 Å². The highest BCUT2D eigenvalue weighted by atomic mass is 16.7. The molecule has 0 radical (unpaired) electrons. The summed E-state index contributed by atoms with van der Waals surface area (Å²) in [4.78, 5) is 87.4. The molecule has 0 aliphatic carbocycles. The third-order valence-corrected chi connectivity index (χ3v) is 8.03. The molecule has 0 aliphatic heterocycles. The van der Waals surface area contributed by atoms with Crippen LogP contribution in [0.4, 0.5) is 9.59 Å². The van der Waals surface area contributed by atoms with Gasteiger partial charge in [-0.25, -0.2) is 24.0 Å². The van der Waals surface area contributed by atoms with Crippen molar-refractivity contribution in [2.24, 2.45) is 5.41 Å². The Labute approximate surface area is 366 Å². The van der Waals surface area contributed by atoms with Crippen LogP contribution in [0.3, 0.4) is 0 Å². The van der Waals surface area contributed by atoms with Gasteiger partial charge in [-0.1, -0.05) is 75.8 Å². The van der Waals surface area contributed by atoms with Crippen molar-refractivity contribution in [3.05, 3.63) is 118 Å². The molecule has 0 atom stereocenters. The van der Waals surface area contributed by atoms with E-state index in [-0.39, 0.29) is 75.9 Å². The third-order valence-electron chi connectivity index (χ3n) is 8.03. The minimum Gasteiger partial charge on any atom is -0.488 e. The van der Waals surface area contributed by atoms with Gasteiger partial charge in [0, 0.05) is 33.4 Å². The van der Waals surface area contributed by atoms with Crippen molar-refractivity contribution in [3.63, 3.8) is 0 Å². The predicted molar refractivity (Wildman–Crippen MR) is 230 cm³/mol. The zero-order valence-corrected chi connectivity index (χ0v) is 36.5. The Kier molecular flexibility index (Phi) is 17.9. The molecule has 0 bridgehead atoms. The number of esters is 5. The molecule has 0 unspecified atom stereocenters. The molecule has 0 aromatic heterocycles. The normalized spacial score (nSPS) is 10.3. The molecule has 0 aliphatic rings. The molecule has 14 nitrogen and oxygen atoms in total. The van der Waals surface area contributed by atoms with Crippen LogP contribution < -0.4 is 18.9 Å². The summed E-state index contributed by atoms with van der Waals surface area (Å²) in [6, 6.07) is 12.3. The van der Waals surface area contributed by atoms with Crippen molar-refractivity contribution in [3.8, 4) is 46.7 Å². The summed E-state index contributed by atoms with van der Waals surface area (Å²) in [6.45, 7) is 23.5. The number of ether oxygens (including phenoxy) is 7. The van der Waals surface area contributed by atoms with E-state index >= 15 is 0 Å². The maximum atomic E-state index is 13.3. The van der Waals surface area contributed by atoms with E-state index in [1.807, 2.05) is 13.8 Å². The number of benzene rings is 3. The van der Waals surface area contributed by atoms with Crippen molar-refractivity contribution in [1.29, 1.82) is 0 Å². The molecule has 0 fully saturated rings. The molecule has 0 heterocycles. The predicted octanol–water partition coefficient (Wildman–Crippen LogP) is 8.60. The van der Waals surface area contributed by atoms with Gasteiger partial charge in [-0.3, -0.25) is 9.59 Å². The monoisotopic (exact) mass is 860 g/mol. The van der Waals surface area contributed by atoms with Crippen molar-refractivity contribution in [2.45, 2.75) is 81.1 Å². The second-order valence-electron chi connectivity index (χ2n) is 14.9. The van der Waals surface area contributed by atoms with Gasteiger partial charge < -0.3 is 33.2 Å². The first kappa shape index (κ1) is 49.7. The summed E-state index contributed by atoms with van der Waals surface area (Å²) in [7, 11) is 0. The second-order valence-corrected chi connectivity index (χ2v) is 14.9. The largest absolute Gasteiger partial charge is 0.522 e. The third kappa shape index (κ3) is 15.1. The summed E-state index contributed by atoms with van der Waals surface area (Å²) >= 11 is 0. The van der Waals surface area contributed by atoms with Crippen LogP contribution in [0.5, 0.6) is 23.0 Å². The molecule has 0 spiro atoms. The zero-order chi connectivity index (χ0) is 47.0. The average molecular weight is 861 g/mol. The second kappa shape index (κ2) is 22.8.